The minimum Gasteiger partial charge on any atom is -0.495 e. The summed E-state index contributed by atoms with van der Waals surface area (Å²) in [7, 11) is 3.71. The summed E-state index contributed by atoms with van der Waals surface area (Å²) in [5.74, 6) is 0.667. The van der Waals surface area contributed by atoms with E-state index in [9.17, 15) is 4.79 Å². The van der Waals surface area contributed by atoms with E-state index >= 15 is 0 Å². The number of likely N-dealkylation sites (N-methyl/N-ethyl adjacent to an activating group) is 1. The predicted octanol–water partition coefficient (Wildman–Crippen LogP) is 4.52. The monoisotopic (exact) mass is 364 g/mol. The number of carbonyl (C=O) groups is 1. The number of ether oxygens (including phenoxy) is 1. The molecule has 4 nitrogen and oxygen atoms in total. The maximum atomic E-state index is 12.6. The second kappa shape index (κ2) is 9.25. The predicted molar refractivity (Wildman–Crippen MR) is 105 cm³/mol. The van der Waals surface area contributed by atoms with Gasteiger partial charge in [0, 0.05) is 25.2 Å². The van der Waals surface area contributed by atoms with Gasteiger partial charge in [-0.1, -0.05) is 36.9 Å². The van der Waals surface area contributed by atoms with Crippen LogP contribution in [0.2, 0.25) is 5.02 Å². The number of rotatable bonds is 6. The molecule has 1 saturated carbocycles. The first-order valence-corrected chi connectivity index (χ1v) is 9.31. The van der Waals surface area contributed by atoms with Crippen molar-refractivity contribution in [3.8, 4) is 5.75 Å². The highest BCUT2D eigenvalue weighted by atomic mass is 35.5. The van der Waals surface area contributed by atoms with Gasteiger partial charge in [0.1, 0.15) is 5.75 Å². The van der Waals surface area contributed by atoms with E-state index in [2.05, 4.69) is 18.5 Å². The Morgan fingerprint density at radius 2 is 2.00 bits per heavy atom. The van der Waals surface area contributed by atoms with Crippen molar-refractivity contribution in [1.29, 1.82) is 0 Å². The van der Waals surface area contributed by atoms with E-state index in [0.717, 1.165) is 31.5 Å². The fraction of sp³-hybridized carbons (Fsp3) is 0.550. The van der Waals surface area contributed by atoms with Crippen LogP contribution >= 0.6 is 11.6 Å². The van der Waals surface area contributed by atoms with Crippen LogP contribution < -0.4 is 9.64 Å². The Bertz CT molecular complexity index is 605. The fourth-order valence-corrected chi connectivity index (χ4v) is 4.09. The van der Waals surface area contributed by atoms with Gasteiger partial charge in [-0.05, 0) is 38.1 Å². The van der Waals surface area contributed by atoms with E-state index in [1.807, 2.05) is 29.2 Å². The zero-order chi connectivity index (χ0) is 18.4. The Balaban J connectivity index is 2.39. The average Bonchev–Trinajstić information content (AvgIpc) is 2.81. The van der Waals surface area contributed by atoms with Crippen molar-refractivity contribution >= 4 is 23.2 Å². The molecule has 1 fully saturated rings. The second-order valence-electron chi connectivity index (χ2n) is 6.71. The molecule has 1 aromatic rings. The molecule has 0 heterocycles. The van der Waals surface area contributed by atoms with Crippen LogP contribution in [0.25, 0.3) is 0 Å². The van der Waals surface area contributed by atoms with Crippen molar-refractivity contribution in [3.63, 3.8) is 0 Å². The van der Waals surface area contributed by atoms with Gasteiger partial charge in [0.25, 0.3) is 0 Å². The van der Waals surface area contributed by atoms with Crippen LogP contribution in [-0.4, -0.2) is 43.6 Å². The topological polar surface area (TPSA) is 32.8 Å². The largest absolute Gasteiger partial charge is 0.495 e. The lowest BCUT2D eigenvalue weighted by molar-refractivity contribution is -0.117. The van der Waals surface area contributed by atoms with Gasteiger partial charge in [0.15, 0.2) is 0 Å². The summed E-state index contributed by atoms with van der Waals surface area (Å²) in [6.45, 7) is 6.31. The first-order chi connectivity index (χ1) is 12.0. The van der Waals surface area contributed by atoms with Crippen LogP contribution in [0.1, 0.15) is 39.0 Å². The van der Waals surface area contributed by atoms with Gasteiger partial charge < -0.3 is 9.64 Å². The quantitative estimate of drug-likeness (QED) is 0.549. The molecule has 0 N–H and O–H groups in total. The van der Waals surface area contributed by atoms with E-state index in [-0.39, 0.29) is 11.9 Å². The van der Waals surface area contributed by atoms with E-state index in [1.54, 1.807) is 14.0 Å². The van der Waals surface area contributed by atoms with Crippen LogP contribution in [0.5, 0.6) is 5.75 Å². The van der Waals surface area contributed by atoms with Gasteiger partial charge in [-0.25, -0.2) is 0 Å². The first kappa shape index (κ1) is 19.8. The second-order valence-corrected chi connectivity index (χ2v) is 7.12. The van der Waals surface area contributed by atoms with Crippen molar-refractivity contribution in [2.24, 2.45) is 0 Å². The van der Waals surface area contributed by atoms with E-state index in [4.69, 9.17) is 16.3 Å². The normalized spacial score (nSPS) is 20.8. The number of carbonyl (C=O) groups excluding carboxylic acids is 1. The number of methoxy groups -OCH3 is 1. The molecule has 1 aliphatic carbocycles. The highest BCUT2D eigenvalue weighted by Gasteiger charge is 2.33. The lowest BCUT2D eigenvalue weighted by Crippen LogP contribution is -2.52. The molecule has 1 aromatic carbocycles. The summed E-state index contributed by atoms with van der Waals surface area (Å²) in [6, 6.07) is 6.02. The Labute approximate surface area is 156 Å². The van der Waals surface area contributed by atoms with E-state index < -0.39 is 0 Å². The lowest BCUT2D eigenvalue weighted by atomic mass is 9.98. The number of amides is 1. The molecule has 0 spiro atoms. The van der Waals surface area contributed by atoms with Crippen molar-refractivity contribution < 1.29 is 9.53 Å². The number of anilines is 1. The highest BCUT2D eigenvalue weighted by molar-refractivity contribution is 6.32. The summed E-state index contributed by atoms with van der Waals surface area (Å²) in [5, 5.41) is 0.524. The molecule has 1 aliphatic rings. The standard InChI is InChI=1S/C20H29ClN2O2/c1-5-13-22(3)18-9-7-6-8-10-19(18)23(15(2)24)16-11-12-20(25-4)17(21)14-16/h5,11-12,14,18-19H,1,6-10,13H2,2-4H3. The number of nitrogens with zero attached hydrogens (tertiary/aromatic N) is 2. The molecule has 2 atom stereocenters. The maximum Gasteiger partial charge on any atom is 0.224 e. The summed E-state index contributed by atoms with van der Waals surface area (Å²) < 4.78 is 5.24. The summed E-state index contributed by atoms with van der Waals surface area (Å²) >= 11 is 6.31. The van der Waals surface area contributed by atoms with Gasteiger partial charge >= 0.3 is 0 Å². The van der Waals surface area contributed by atoms with Crippen molar-refractivity contribution in [2.75, 3.05) is 25.6 Å². The number of benzene rings is 1. The van der Waals surface area contributed by atoms with Crippen LogP contribution in [0.3, 0.4) is 0 Å². The minimum absolute atomic E-state index is 0.0464. The molecule has 5 heteroatoms. The molecule has 0 radical (unpaired) electrons. The van der Waals surface area contributed by atoms with Gasteiger partial charge in [-0.2, -0.15) is 0 Å². The van der Waals surface area contributed by atoms with Gasteiger partial charge in [-0.3, -0.25) is 9.69 Å². The van der Waals surface area contributed by atoms with Crippen molar-refractivity contribution in [1.82, 2.24) is 4.90 Å². The fourth-order valence-electron chi connectivity index (χ4n) is 3.83. The average molecular weight is 365 g/mol. The third kappa shape index (κ3) is 4.77. The van der Waals surface area contributed by atoms with Crippen molar-refractivity contribution in [3.05, 3.63) is 35.9 Å². The molecular formula is C20H29ClN2O2. The SMILES string of the molecule is C=CCN(C)C1CCCCCC1N(C(C)=O)c1ccc(OC)c(Cl)c1. The van der Waals surface area contributed by atoms with Gasteiger partial charge in [0.05, 0.1) is 18.2 Å². The summed E-state index contributed by atoms with van der Waals surface area (Å²) in [6.07, 6.45) is 7.54. The van der Waals surface area contributed by atoms with Crippen LogP contribution in [-0.2, 0) is 4.79 Å². The zero-order valence-corrected chi connectivity index (χ0v) is 16.3. The molecule has 0 aromatic heterocycles. The van der Waals surface area contributed by atoms with Gasteiger partial charge in [-0.15, -0.1) is 6.58 Å². The summed E-state index contributed by atoms with van der Waals surface area (Å²) in [4.78, 5) is 16.8. The zero-order valence-electron chi connectivity index (χ0n) is 15.5. The molecule has 2 unspecified atom stereocenters. The molecular weight excluding hydrogens is 336 g/mol. The van der Waals surface area contributed by atoms with Crippen LogP contribution in [0, 0.1) is 0 Å². The first-order valence-electron chi connectivity index (χ1n) is 8.94. The molecule has 0 aliphatic heterocycles. The minimum atomic E-state index is 0.0464. The molecule has 138 valence electrons. The van der Waals surface area contributed by atoms with E-state index in [1.165, 1.54) is 12.8 Å². The molecule has 2 rings (SSSR count). The number of halogens is 1. The lowest BCUT2D eigenvalue weighted by Gasteiger charge is -2.40. The maximum absolute atomic E-state index is 12.6. The Morgan fingerprint density at radius 1 is 1.32 bits per heavy atom. The molecule has 25 heavy (non-hydrogen) atoms. The Morgan fingerprint density at radius 3 is 2.56 bits per heavy atom. The third-order valence-corrected chi connectivity index (χ3v) is 5.31. The van der Waals surface area contributed by atoms with Gasteiger partial charge in [0.2, 0.25) is 5.91 Å². The Hall–Kier alpha value is -1.52. The number of hydrogen-bond donors (Lipinski definition) is 0. The Kier molecular flexibility index (Phi) is 7.33. The third-order valence-electron chi connectivity index (χ3n) is 5.01. The molecule has 0 saturated heterocycles. The highest BCUT2D eigenvalue weighted by Crippen LogP contribution is 2.34. The van der Waals surface area contributed by atoms with Crippen LogP contribution in [0.4, 0.5) is 5.69 Å². The van der Waals surface area contributed by atoms with Crippen LogP contribution in [0.15, 0.2) is 30.9 Å². The number of hydrogen-bond acceptors (Lipinski definition) is 3. The molecule has 1 amide bonds. The van der Waals surface area contributed by atoms with E-state index in [0.29, 0.717) is 16.8 Å². The summed E-state index contributed by atoms with van der Waals surface area (Å²) in [5.41, 5.74) is 0.835. The molecule has 0 bridgehead atoms. The van der Waals surface area contributed by atoms with Crippen molar-refractivity contribution in [2.45, 2.75) is 51.1 Å². The smallest absolute Gasteiger partial charge is 0.224 e.